The van der Waals surface area contributed by atoms with E-state index in [0.717, 1.165) is 18.3 Å². The lowest BCUT2D eigenvalue weighted by Gasteiger charge is -2.12. The summed E-state index contributed by atoms with van der Waals surface area (Å²) in [4.78, 5) is 3.21. The number of aromatic amines is 1. The molecule has 0 saturated heterocycles. The monoisotopic (exact) mass is 468 g/mol. The molecule has 0 spiro atoms. The second kappa shape index (κ2) is 8.01. The number of rotatable bonds is 6. The van der Waals surface area contributed by atoms with Gasteiger partial charge in [0.25, 0.3) is 10.0 Å². The summed E-state index contributed by atoms with van der Waals surface area (Å²) >= 11 is 6.56. The van der Waals surface area contributed by atoms with Gasteiger partial charge in [-0.05, 0) is 36.4 Å². The van der Waals surface area contributed by atoms with Gasteiger partial charge < -0.3 is 4.74 Å². The Labute approximate surface area is 178 Å². The first-order valence-electron chi connectivity index (χ1n) is 8.22. The first-order valence-corrected chi connectivity index (χ1v) is 10.9. The normalized spacial score (nSPS) is 11.4. The number of aromatic nitrogens is 3. The number of ether oxygens (including phenoxy) is 1. The van der Waals surface area contributed by atoms with E-state index in [0.29, 0.717) is 33.2 Å². The van der Waals surface area contributed by atoms with Crippen LogP contribution < -0.4 is 9.46 Å². The van der Waals surface area contributed by atoms with Crippen LogP contribution in [0.4, 0.5) is 13.9 Å². The number of nitrogens with one attached hydrogen (secondary N) is 2. The minimum Gasteiger partial charge on any atom is -0.454 e. The van der Waals surface area contributed by atoms with Crippen LogP contribution in [0.5, 0.6) is 11.5 Å². The molecule has 12 heteroatoms. The molecular weight excluding hydrogens is 458 g/mol. The average Bonchev–Trinajstić information content (AvgIpc) is 3.36. The van der Waals surface area contributed by atoms with Crippen molar-refractivity contribution in [2.24, 2.45) is 0 Å². The fourth-order valence-corrected chi connectivity index (χ4v) is 4.51. The van der Waals surface area contributed by atoms with Gasteiger partial charge in [0.2, 0.25) is 0 Å². The van der Waals surface area contributed by atoms with E-state index >= 15 is 0 Å². The highest BCUT2D eigenvalue weighted by molar-refractivity contribution is 7.93. The first-order chi connectivity index (χ1) is 14.3. The summed E-state index contributed by atoms with van der Waals surface area (Å²) in [6, 6.07) is 7.92. The van der Waals surface area contributed by atoms with Crippen molar-refractivity contribution in [1.82, 2.24) is 15.2 Å². The molecule has 0 atom stereocenters. The second-order valence-corrected chi connectivity index (χ2v) is 9.00. The molecule has 0 amide bonds. The van der Waals surface area contributed by atoms with Gasteiger partial charge in [-0.3, -0.25) is 9.82 Å². The average molecular weight is 469 g/mol. The van der Waals surface area contributed by atoms with Crippen molar-refractivity contribution in [3.63, 3.8) is 0 Å². The van der Waals surface area contributed by atoms with Crippen LogP contribution in [0.15, 0.2) is 59.9 Å². The minimum atomic E-state index is -4.16. The van der Waals surface area contributed by atoms with Gasteiger partial charge in [0, 0.05) is 22.3 Å². The Kier molecular flexibility index (Phi) is 5.41. The smallest absolute Gasteiger partial charge is 0.263 e. The number of thiazole rings is 1. The molecule has 4 rings (SSSR count). The summed E-state index contributed by atoms with van der Waals surface area (Å²) < 4.78 is 60.2. The first kappa shape index (κ1) is 20.3. The zero-order valence-corrected chi connectivity index (χ0v) is 17.2. The molecule has 2 aromatic heterocycles. The van der Waals surface area contributed by atoms with E-state index in [2.05, 4.69) is 19.9 Å². The molecule has 154 valence electrons. The van der Waals surface area contributed by atoms with Crippen LogP contribution in [0, 0.1) is 10.9 Å². The van der Waals surface area contributed by atoms with E-state index in [9.17, 15) is 17.2 Å². The Balaban J connectivity index is 1.62. The Morgan fingerprint density at radius 3 is 2.57 bits per heavy atom. The summed E-state index contributed by atoms with van der Waals surface area (Å²) in [6.07, 6.45) is 4.05. The van der Waals surface area contributed by atoms with E-state index in [1.54, 1.807) is 30.6 Å². The van der Waals surface area contributed by atoms with Gasteiger partial charge in [-0.25, -0.2) is 17.8 Å². The Bertz CT molecular complexity index is 1310. The zero-order valence-electron chi connectivity index (χ0n) is 14.8. The van der Waals surface area contributed by atoms with Crippen LogP contribution in [0.25, 0.3) is 11.1 Å². The van der Waals surface area contributed by atoms with E-state index < -0.39 is 21.0 Å². The van der Waals surface area contributed by atoms with E-state index in [1.807, 2.05) is 0 Å². The topological polar surface area (TPSA) is 97.0 Å². The molecule has 0 unspecified atom stereocenters. The molecule has 0 fully saturated rings. The maximum absolute atomic E-state index is 14.6. The van der Waals surface area contributed by atoms with Gasteiger partial charge in [0.1, 0.15) is 5.75 Å². The van der Waals surface area contributed by atoms with Crippen LogP contribution in [0.3, 0.4) is 0 Å². The molecule has 0 bridgehead atoms. The number of sulfonamides is 1. The molecular formula is C18H11ClF2N4O3S2. The van der Waals surface area contributed by atoms with E-state index in [1.165, 1.54) is 6.07 Å². The quantitative estimate of drug-likeness (QED) is 0.412. The molecule has 0 aliphatic heterocycles. The van der Waals surface area contributed by atoms with Crippen molar-refractivity contribution in [1.29, 1.82) is 0 Å². The van der Waals surface area contributed by atoms with Gasteiger partial charge in [-0.15, -0.1) is 0 Å². The summed E-state index contributed by atoms with van der Waals surface area (Å²) in [5.74, 6) is -0.802. The van der Waals surface area contributed by atoms with Crippen molar-refractivity contribution in [2.45, 2.75) is 4.90 Å². The van der Waals surface area contributed by atoms with Crippen molar-refractivity contribution < 1.29 is 21.9 Å². The molecule has 0 radical (unpaired) electrons. The Hall–Kier alpha value is -3.02. The summed E-state index contributed by atoms with van der Waals surface area (Å²) in [5.41, 5.74) is 1.24. The lowest BCUT2D eigenvalue weighted by atomic mass is 10.1. The summed E-state index contributed by atoms with van der Waals surface area (Å²) in [6.45, 7) is 0. The number of anilines is 1. The number of hydrogen-bond donors (Lipinski definition) is 2. The molecule has 4 aromatic rings. The van der Waals surface area contributed by atoms with Crippen molar-refractivity contribution in [3.8, 4) is 22.6 Å². The minimum absolute atomic E-state index is 0.167. The maximum Gasteiger partial charge on any atom is 0.263 e. The third-order valence-electron chi connectivity index (χ3n) is 3.88. The number of H-pyrrole nitrogens is 1. The molecule has 2 aromatic carbocycles. The summed E-state index contributed by atoms with van der Waals surface area (Å²) in [5, 5.41) is 6.17. The van der Waals surface area contributed by atoms with Crippen LogP contribution >= 0.6 is 22.9 Å². The Morgan fingerprint density at radius 2 is 1.90 bits per heavy atom. The van der Waals surface area contributed by atoms with Crippen LogP contribution in [-0.2, 0) is 10.0 Å². The molecule has 0 aliphatic carbocycles. The fraction of sp³-hybridized carbons (Fsp3) is 0. The molecule has 2 N–H and O–H groups in total. The van der Waals surface area contributed by atoms with Gasteiger partial charge in [-0.1, -0.05) is 22.9 Å². The SMILES string of the molecule is O=S(=O)(Nc1ncc(F)s1)c1ccc(Oc2ccc(Cl)cc2-c2cn[nH]c2)c(F)c1. The van der Waals surface area contributed by atoms with Crippen LogP contribution in [0.2, 0.25) is 5.02 Å². The molecule has 0 saturated carbocycles. The number of hydrogen-bond acceptors (Lipinski definition) is 6. The van der Waals surface area contributed by atoms with E-state index in [-0.39, 0.29) is 15.8 Å². The lowest BCUT2D eigenvalue weighted by Crippen LogP contribution is -2.13. The Morgan fingerprint density at radius 1 is 1.10 bits per heavy atom. The highest BCUT2D eigenvalue weighted by atomic mass is 35.5. The van der Waals surface area contributed by atoms with Crippen molar-refractivity contribution >= 4 is 38.1 Å². The van der Waals surface area contributed by atoms with Crippen molar-refractivity contribution in [3.05, 3.63) is 71.0 Å². The standard InChI is InChI=1S/C18H11ClF2N4O3S2/c19-11-1-3-15(13(5-11)10-7-23-24-8-10)28-16-4-2-12(6-14(16)20)30(26,27)25-18-22-9-17(21)29-18/h1-9H,(H,22,25)(H,23,24). The highest BCUT2D eigenvalue weighted by Crippen LogP contribution is 2.36. The largest absolute Gasteiger partial charge is 0.454 e. The van der Waals surface area contributed by atoms with E-state index in [4.69, 9.17) is 16.3 Å². The molecule has 30 heavy (non-hydrogen) atoms. The lowest BCUT2D eigenvalue weighted by molar-refractivity contribution is 0.442. The van der Waals surface area contributed by atoms with Gasteiger partial charge >= 0.3 is 0 Å². The molecule has 7 nitrogen and oxygen atoms in total. The zero-order chi connectivity index (χ0) is 21.3. The summed E-state index contributed by atoms with van der Waals surface area (Å²) in [7, 11) is -4.16. The predicted octanol–water partition coefficient (Wildman–Crippen LogP) is 5.06. The predicted molar refractivity (Wildman–Crippen MR) is 108 cm³/mol. The number of benzene rings is 2. The number of nitrogens with zero attached hydrogens (tertiary/aromatic N) is 2. The molecule has 2 heterocycles. The van der Waals surface area contributed by atoms with Gasteiger partial charge in [-0.2, -0.15) is 9.49 Å². The van der Waals surface area contributed by atoms with Crippen LogP contribution in [-0.4, -0.2) is 23.6 Å². The molecule has 0 aliphatic rings. The fourth-order valence-electron chi connectivity index (χ4n) is 2.54. The third-order valence-corrected chi connectivity index (χ3v) is 6.29. The highest BCUT2D eigenvalue weighted by Gasteiger charge is 2.20. The van der Waals surface area contributed by atoms with Gasteiger partial charge in [0.15, 0.2) is 21.8 Å². The van der Waals surface area contributed by atoms with Gasteiger partial charge in [0.05, 0.1) is 17.3 Å². The second-order valence-electron chi connectivity index (χ2n) is 5.90. The van der Waals surface area contributed by atoms with Crippen LogP contribution in [0.1, 0.15) is 0 Å². The number of halogens is 3. The van der Waals surface area contributed by atoms with Crippen molar-refractivity contribution in [2.75, 3.05) is 4.72 Å². The third kappa shape index (κ3) is 4.27. The maximum atomic E-state index is 14.6.